The Morgan fingerprint density at radius 1 is 1.33 bits per heavy atom. The Morgan fingerprint density at radius 2 is 1.95 bits per heavy atom. The summed E-state index contributed by atoms with van der Waals surface area (Å²) in [6.45, 7) is 6.34. The van der Waals surface area contributed by atoms with Gasteiger partial charge in [0.05, 0.1) is 5.60 Å². The molecule has 1 fully saturated rings. The largest absolute Gasteiger partial charge is 0.475 e. The van der Waals surface area contributed by atoms with E-state index in [2.05, 4.69) is 14.6 Å². The number of carbonyl (C=O) groups excluding carboxylic acids is 1. The van der Waals surface area contributed by atoms with Gasteiger partial charge in [-0.25, -0.2) is 4.79 Å². The van der Waals surface area contributed by atoms with Crippen LogP contribution in [0.15, 0.2) is 10.6 Å². The first-order valence-corrected chi connectivity index (χ1v) is 6.70. The number of amides is 1. The van der Waals surface area contributed by atoms with Gasteiger partial charge in [-0.15, -0.1) is 0 Å². The highest BCUT2D eigenvalue weighted by Crippen LogP contribution is 2.12. The lowest BCUT2D eigenvalue weighted by atomic mass is 10.1. The molecule has 0 spiro atoms. The molecule has 1 aromatic rings. The van der Waals surface area contributed by atoms with Gasteiger partial charge in [0.25, 0.3) is 5.91 Å². The van der Waals surface area contributed by atoms with Crippen LogP contribution in [0.1, 0.15) is 34.9 Å². The smallest absolute Gasteiger partial charge is 0.374 e. The molecule has 2 rings (SSSR count). The zero-order chi connectivity index (χ0) is 15.6. The minimum atomic E-state index is -1.25. The van der Waals surface area contributed by atoms with E-state index in [1.807, 2.05) is 0 Å². The first-order valence-electron chi connectivity index (χ1n) is 6.70. The standard InChI is InChI=1S/C13H19N3O5/c1-13(2,20)8-15-3-5-16(6-4-15)11(17)9-7-10(12(18)19)21-14-9/h7,20H,3-6,8H2,1-2H3,(H,18,19). The van der Waals surface area contributed by atoms with Crippen molar-refractivity contribution in [2.45, 2.75) is 19.4 Å². The minimum Gasteiger partial charge on any atom is -0.475 e. The number of aromatic carboxylic acids is 1. The van der Waals surface area contributed by atoms with Crippen LogP contribution in [0.3, 0.4) is 0 Å². The lowest BCUT2D eigenvalue weighted by Crippen LogP contribution is -2.52. The van der Waals surface area contributed by atoms with Crippen LogP contribution in [-0.2, 0) is 0 Å². The van der Waals surface area contributed by atoms with Gasteiger partial charge in [-0.1, -0.05) is 5.16 Å². The molecule has 0 saturated carbocycles. The molecule has 0 bridgehead atoms. The molecule has 0 unspecified atom stereocenters. The summed E-state index contributed by atoms with van der Waals surface area (Å²) < 4.78 is 4.58. The molecule has 1 aliphatic rings. The number of nitrogens with zero attached hydrogens (tertiary/aromatic N) is 3. The normalized spacial score (nSPS) is 17.0. The van der Waals surface area contributed by atoms with Gasteiger partial charge >= 0.3 is 5.97 Å². The molecule has 2 heterocycles. The Hall–Kier alpha value is -1.93. The first kappa shape index (κ1) is 15.5. The Morgan fingerprint density at radius 3 is 2.43 bits per heavy atom. The predicted octanol–water partition coefficient (Wildman–Crippen LogP) is -0.0985. The summed E-state index contributed by atoms with van der Waals surface area (Å²) in [6, 6.07) is 1.13. The number of carboxylic acid groups (broad SMARTS) is 1. The van der Waals surface area contributed by atoms with E-state index in [1.54, 1.807) is 18.7 Å². The van der Waals surface area contributed by atoms with Crippen molar-refractivity contribution in [3.05, 3.63) is 17.5 Å². The summed E-state index contributed by atoms with van der Waals surface area (Å²) in [4.78, 5) is 26.6. The zero-order valence-corrected chi connectivity index (χ0v) is 12.1. The van der Waals surface area contributed by atoms with E-state index < -0.39 is 11.6 Å². The highest BCUT2D eigenvalue weighted by molar-refractivity contribution is 5.94. The van der Waals surface area contributed by atoms with E-state index in [0.717, 1.165) is 6.07 Å². The fourth-order valence-electron chi connectivity index (χ4n) is 2.30. The third-order valence-corrected chi connectivity index (χ3v) is 3.21. The number of carbonyl (C=O) groups is 2. The summed E-state index contributed by atoms with van der Waals surface area (Å²) in [5, 5.41) is 22.0. The van der Waals surface area contributed by atoms with Gasteiger partial charge in [0.15, 0.2) is 5.69 Å². The van der Waals surface area contributed by atoms with Crippen molar-refractivity contribution in [1.29, 1.82) is 0 Å². The van der Waals surface area contributed by atoms with Crippen LogP contribution in [-0.4, -0.2) is 75.4 Å². The molecule has 8 nitrogen and oxygen atoms in total. The Bertz CT molecular complexity index is 526. The molecule has 1 aromatic heterocycles. The zero-order valence-electron chi connectivity index (χ0n) is 12.1. The third-order valence-electron chi connectivity index (χ3n) is 3.21. The lowest BCUT2D eigenvalue weighted by Gasteiger charge is -2.36. The van der Waals surface area contributed by atoms with Crippen LogP contribution >= 0.6 is 0 Å². The minimum absolute atomic E-state index is 0.00309. The molecule has 116 valence electrons. The van der Waals surface area contributed by atoms with E-state index in [9.17, 15) is 14.7 Å². The summed E-state index contributed by atoms with van der Waals surface area (Å²) >= 11 is 0. The van der Waals surface area contributed by atoms with Crippen molar-refractivity contribution < 1.29 is 24.3 Å². The number of hydrogen-bond donors (Lipinski definition) is 2. The van der Waals surface area contributed by atoms with Gasteiger partial charge in [0, 0.05) is 38.8 Å². The molecular formula is C13H19N3O5. The second kappa shape index (κ2) is 5.82. The van der Waals surface area contributed by atoms with Crippen molar-refractivity contribution in [2.75, 3.05) is 32.7 Å². The van der Waals surface area contributed by atoms with Crippen LogP contribution in [0.25, 0.3) is 0 Å². The number of carboxylic acids is 1. The summed E-state index contributed by atoms with van der Waals surface area (Å²) in [7, 11) is 0. The lowest BCUT2D eigenvalue weighted by molar-refractivity contribution is 0.0176. The molecule has 8 heteroatoms. The van der Waals surface area contributed by atoms with Gasteiger partial charge in [-0.05, 0) is 13.8 Å². The SMILES string of the molecule is CC(C)(O)CN1CCN(C(=O)c2cc(C(=O)O)on2)CC1. The molecular weight excluding hydrogens is 278 g/mol. The second-order valence-corrected chi connectivity index (χ2v) is 5.76. The summed E-state index contributed by atoms with van der Waals surface area (Å²) in [5.41, 5.74) is -0.766. The fourth-order valence-corrected chi connectivity index (χ4v) is 2.30. The monoisotopic (exact) mass is 297 g/mol. The Labute approximate surface area is 121 Å². The third kappa shape index (κ3) is 4.02. The van der Waals surface area contributed by atoms with Crippen LogP contribution < -0.4 is 0 Å². The predicted molar refractivity (Wildman–Crippen MR) is 72.1 cm³/mol. The van der Waals surface area contributed by atoms with Crippen LogP contribution in [0.5, 0.6) is 0 Å². The maximum Gasteiger partial charge on any atom is 0.374 e. The van der Waals surface area contributed by atoms with Crippen LogP contribution in [0, 0.1) is 0 Å². The van der Waals surface area contributed by atoms with Gasteiger partial charge in [0.1, 0.15) is 0 Å². The molecule has 0 atom stereocenters. The Kier molecular flexibility index (Phi) is 4.29. The van der Waals surface area contributed by atoms with E-state index in [-0.39, 0.29) is 17.4 Å². The quantitative estimate of drug-likeness (QED) is 0.799. The highest BCUT2D eigenvalue weighted by atomic mass is 16.5. The van der Waals surface area contributed by atoms with Gasteiger partial charge in [-0.2, -0.15) is 0 Å². The molecule has 0 aliphatic carbocycles. The van der Waals surface area contributed by atoms with Crippen molar-refractivity contribution in [3.8, 4) is 0 Å². The average molecular weight is 297 g/mol. The van der Waals surface area contributed by atoms with Crippen molar-refractivity contribution in [1.82, 2.24) is 15.0 Å². The van der Waals surface area contributed by atoms with Gasteiger partial charge < -0.3 is 19.6 Å². The summed E-state index contributed by atoms with van der Waals surface area (Å²) in [6.07, 6.45) is 0. The molecule has 0 aromatic carbocycles. The molecule has 1 saturated heterocycles. The number of aromatic nitrogens is 1. The maximum absolute atomic E-state index is 12.2. The average Bonchev–Trinajstić information content (AvgIpc) is 2.86. The molecule has 0 radical (unpaired) electrons. The number of β-amino-alcohol motifs (C(OH)–C–C–N with tert-alkyl or cyclic N) is 1. The number of piperazine rings is 1. The van der Waals surface area contributed by atoms with Crippen LogP contribution in [0.4, 0.5) is 0 Å². The second-order valence-electron chi connectivity index (χ2n) is 5.76. The first-order chi connectivity index (χ1) is 9.76. The van der Waals surface area contributed by atoms with Crippen molar-refractivity contribution in [3.63, 3.8) is 0 Å². The molecule has 21 heavy (non-hydrogen) atoms. The van der Waals surface area contributed by atoms with E-state index in [4.69, 9.17) is 5.11 Å². The van der Waals surface area contributed by atoms with Crippen molar-refractivity contribution in [2.24, 2.45) is 0 Å². The topological polar surface area (TPSA) is 107 Å². The summed E-state index contributed by atoms with van der Waals surface area (Å²) in [5.74, 6) is -1.94. The number of aliphatic hydroxyl groups is 1. The molecule has 1 amide bonds. The van der Waals surface area contributed by atoms with Crippen molar-refractivity contribution >= 4 is 11.9 Å². The van der Waals surface area contributed by atoms with Crippen LogP contribution in [0.2, 0.25) is 0 Å². The van der Waals surface area contributed by atoms with E-state index in [0.29, 0.717) is 32.7 Å². The Balaban J connectivity index is 1.92. The highest BCUT2D eigenvalue weighted by Gasteiger charge is 2.27. The molecule has 2 N–H and O–H groups in total. The molecule has 1 aliphatic heterocycles. The number of rotatable bonds is 4. The van der Waals surface area contributed by atoms with Gasteiger partial charge in [-0.3, -0.25) is 9.69 Å². The van der Waals surface area contributed by atoms with E-state index >= 15 is 0 Å². The van der Waals surface area contributed by atoms with E-state index in [1.165, 1.54) is 0 Å². The maximum atomic E-state index is 12.2. The number of hydrogen-bond acceptors (Lipinski definition) is 6. The fraction of sp³-hybridized carbons (Fsp3) is 0.615. The van der Waals surface area contributed by atoms with Gasteiger partial charge in [0.2, 0.25) is 5.76 Å².